The summed E-state index contributed by atoms with van der Waals surface area (Å²) in [5, 5.41) is 0. The van der Waals surface area contributed by atoms with E-state index in [0.29, 0.717) is 11.5 Å². The Labute approximate surface area is 287 Å². The quantitative estimate of drug-likeness (QED) is 0.166. The number of rotatable bonds is 5. The molecule has 46 heavy (non-hydrogen) atoms. The van der Waals surface area contributed by atoms with Gasteiger partial charge in [0.25, 0.3) is 0 Å². The van der Waals surface area contributed by atoms with E-state index in [9.17, 15) is 0 Å². The van der Waals surface area contributed by atoms with Crippen molar-refractivity contribution in [3.05, 3.63) is 119 Å². The molecule has 4 heterocycles. The van der Waals surface area contributed by atoms with Gasteiger partial charge in [-0.25, -0.2) is 9.97 Å². The van der Waals surface area contributed by atoms with Crippen LogP contribution >= 0.6 is 0 Å². The second-order valence-electron chi connectivity index (χ2n) is 13.3. The zero-order valence-electron chi connectivity index (χ0n) is 27.3. The van der Waals surface area contributed by atoms with Gasteiger partial charge in [-0.05, 0) is 67.0 Å². The second kappa shape index (κ2) is 13.0. The number of aromatic nitrogens is 2. The predicted octanol–water partition coefficient (Wildman–Crippen LogP) is 9.62. The molecular weight excluding hydrogens is 748 g/mol. The van der Waals surface area contributed by atoms with Gasteiger partial charge >= 0.3 is 21.1 Å². The number of anilines is 4. The van der Waals surface area contributed by atoms with E-state index in [4.69, 9.17) is 14.7 Å². The number of ether oxygens (including phenoxy) is 1. The Morgan fingerprint density at radius 3 is 2.22 bits per heavy atom. The minimum Gasteiger partial charge on any atom is -0.509 e. The predicted molar refractivity (Wildman–Crippen MR) is 183 cm³/mol. The Balaban J connectivity index is 0.00000372. The molecule has 0 saturated heterocycles. The van der Waals surface area contributed by atoms with Crippen LogP contribution < -0.4 is 14.5 Å². The first kappa shape index (κ1) is 32.0. The van der Waals surface area contributed by atoms with Crippen LogP contribution in [0.5, 0.6) is 11.5 Å². The molecule has 0 fully saturated rings. The van der Waals surface area contributed by atoms with Crippen molar-refractivity contribution in [2.75, 3.05) is 22.9 Å². The van der Waals surface area contributed by atoms with Crippen LogP contribution in [0, 0.1) is 26.0 Å². The molecule has 5 nitrogen and oxygen atoms in total. The van der Waals surface area contributed by atoms with E-state index in [0.717, 1.165) is 67.3 Å². The fraction of sp³-hybridized carbons (Fsp3) is 0.300. The summed E-state index contributed by atoms with van der Waals surface area (Å²) >= 11 is 0. The number of hydrogen-bond donors (Lipinski definition) is 0. The van der Waals surface area contributed by atoms with Crippen molar-refractivity contribution in [1.29, 1.82) is 0 Å². The molecule has 0 unspecified atom stereocenters. The van der Waals surface area contributed by atoms with Crippen molar-refractivity contribution in [3.8, 4) is 22.6 Å². The minimum absolute atomic E-state index is 0. The van der Waals surface area contributed by atoms with E-state index >= 15 is 0 Å². The van der Waals surface area contributed by atoms with Crippen LogP contribution in [-0.2, 0) is 39.3 Å². The molecule has 0 N–H and O–H groups in total. The SMILES string of the molecule is Cc1ccnc(N2CCCc3c2[c-]c(Oc2[c-]c4c(cc2)CCCN4c2cc(C)c(-c4ccccc4)cn2)cc3C(C)(C)C)c1.[Pt+2]. The zero-order chi connectivity index (χ0) is 31.1. The van der Waals surface area contributed by atoms with Crippen LogP contribution in [0.2, 0.25) is 0 Å². The van der Waals surface area contributed by atoms with Gasteiger partial charge in [-0.2, -0.15) is 6.07 Å². The number of benzene rings is 3. The fourth-order valence-corrected chi connectivity index (χ4v) is 6.70. The third-order valence-electron chi connectivity index (χ3n) is 8.95. The molecule has 2 aliphatic heterocycles. The smallest absolute Gasteiger partial charge is 0.509 e. The van der Waals surface area contributed by atoms with Crippen LogP contribution in [0.15, 0.2) is 79.1 Å². The Kier molecular flexibility index (Phi) is 9.08. The van der Waals surface area contributed by atoms with E-state index < -0.39 is 0 Å². The van der Waals surface area contributed by atoms with Crippen LogP contribution in [-0.4, -0.2) is 23.1 Å². The summed E-state index contributed by atoms with van der Waals surface area (Å²) in [6, 6.07) is 30.6. The van der Waals surface area contributed by atoms with Crippen LogP contribution in [0.4, 0.5) is 23.0 Å². The van der Waals surface area contributed by atoms with Crippen molar-refractivity contribution in [2.24, 2.45) is 0 Å². The molecule has 0 atom stereocenters. The van der Waals surface area contributed by atoms with Gasteiger partial charge in [0.05, 0.1) is 0 Å². The van der Waals surface area contributed by atoms with E-state index in [1.54, 1.807) is 0 Å². The zero-order valence-corrected chi connectivity index (χ0v) is 29.5. The number of aryl methyl sites for hydroxylation is 3. The molecule has 0 amide bonds. The molecule has 6 heteroatoms. The van der Waals surface area contributed by atoms with Gasteiger partial charge < -0.3 is 14.5 Å². The molecule has 0 saturated carbocycles. The Hall–Kier alpha value is -3.95. The Morgan fingerprint density at radius 1 is 0.761 bits per heavy atom. The number of fused-ring (bicyclic) bond motifs is 2. The number of hydrogen-bond acceptors (Lipinski definition) is 5. The van der Waals surface area contributed by atoms with Gasteiger partial charge in [0.2, 0.25) is 0 Å². The van der Waals surface area contributed by atoms with Crippen LogP contribution in [0.1, 0.15) is 61.4 Å². The van der Waals surface area contributed by atoms with Crippen molar-refractivity contribution in [1.82, 2.24) is 9.97 Å². The molecule has 0 radical (unpaired) electrons. The molecule has 2 aromatic heterocycles. The first-order valence-corrected chi connectivity index (χ1v) is 16.1. The average Bonchev–Trinajstić information content (AvgIpc) is 3.04. The topological polar surface area (TPSA) is 41.5 Å². The normalized spacial score (nSPS) is 14.3. The van der Waals surface area contributed by atoms with E-state index in [2.05, 4.69) is 105 Å². The maximum Gasteiger partial charge on any atom is 2.00 e. The molecule has 7 rings (SSSR count). The number of pyridine rings is 2. The van der Waals surface area contributed by atoms with Crippen molar-refractivity contribution >= 4 is 23.0 Å². The van der Waals surface area contributed by atoms with Crippen molar-refractivity contribution in [3.63, 3.8) is 0 Å². The molecule has 5 aromatic rings. The van der Waals surface area contributed by atoms with Crippen molar-refractivity contribution in [2.45, 2.75) is 65.7 Å². The van der Waals surface area contributed by atoms with Gasteiger partial charge in [-0.15, -0.1) is 41.0 Å². The molecule has 3 aromatic carbocycles. The molecule has 0 bridgehead atoms. The molecule has 0 aliphatic carbocycles. The van der Waals surface area contributed by atoms with Gasteiger partial charge in [0, 0.05) is 42.5 Å². The third kappa shape index (κ3) is 6.35. The average molecular weight is 788 g/mol. The van der Waals surface area contributed by atoms with Gasteiger partial charge in [0.1, 0.15) is 11.6 Å². The number of nitrogens with zero attached hydrogens (tertiary/aromatic N) is 4. The third-order valence-corrected chi connectivity index (χ3v) is 8.95. The molecular formula is C40H40N4OPt. The molecule has 0 spiro atoms. The van der Waals surface area contributed by atoms with E-state index in [1.165, 1.54) is 33.4 Å². The fourth-order valence-electron chi connectivity index (χ4n) is 6.70. The minimum atomic E-state index is -0.0495. The standard InChI is InChI=1S/C40H40N4O.Pt/c1-27-17-18-41-38(21-27)44-20-10-14-33-35(40(3,4)5)23-32(25-37(33)44)45-31-16-15-30-13-9-19-43(36(30)24-31)39-22-28(2)34(26-42-39)29-11-7-6-8-12-29;/h6-8,11-12,15-18,21-23,26H,9-10,13-14,19-20H2,1-5H3;/q-2;+2. The largest absolute Gasteiger partial charge is 2.00 e. The Morgan fingerprint density at radius 2 is 1.48 bits per heavy atom. The maximum absolute atomic E-state index is 6.63. The second-order valence-corrected chi connectivity index (χ2v) is 13.3. The van der Waals surface area contributed by atoms with Crippen molar-refractivity contribution < 1.29 is 25.8 Å². The molecule has 236 valence electrons. The van der Waals surface area contributed by atoms with Gasteiger partial charge in [0.15, 0.2) is 0 Å². The van der Waals surface area contributed by atoms with E-state index in [-0.39, 0.29) is 26.5 Å². The van der Waals surface area contributed by atoms with Gasteiger partial charge in [-0.1, -0.05) is 75.3 Å². The summed E-state index contributed by atoms with van der Waals surface area (Å²) in [7, 11) is 0. The summed E-state index contributed by atoms with van der Waals surface area (Å²) in [6.07, 6.45) is 8.08. The first-order valence-electron chi connectivity index (χ1n) is 16.1. The first-order chi connectivity index (χ1) is 21.7. The maximum atomic E-state index is 6.63. The summed E-state index contributed by atoms with van der Waals surface area (Å²) in [5.74, 6) is 3.29. The Bertz CT molecular complexity index is 1860. The summed E-state index contributed by atoms with van der Waals surface area (Å²) < 4.78 is 6.63. The van der Waals surface area contributed by atoms with E-state index in [1.807, 2.05) is 30.6 Å². The van der Waals surface area contributed by atoms with Crippen LogP contribution in [0.25, 0.3) is 11.1 Å². The van der Waals surface area contributed by atoms with Gasteiger partial charge in [-0.3, -0.25) is 0 Å². The summed E-state index contributed by atoms with van der Waals surface area (Å²) in [6.45, 7) is 12.9. The van der Waals surface area contributed by atoms with Crippen LogP contribution in [0.3, 0.4) is 0 Å². The molecule has 2 aliphatic rings. The summed E-state index contributed by atoms with van der Waals surface area (Å²) in [5.41, 5.74) is 10.7. The summed E-state index contributed by atoms with van der Waals surface area (Å²) in [4.78, 5) is 14.3. The monoisotopic (exact) mass is 787 g/mol.